The summed E-state index contributed by atoms with van der Waals surface area (Å²) >= 11 is 0. The number of hydrogen-bond acceptors (Lipinski definition) is 3. The molecule has 62 valence electrons. The Bertz CT molecular complexity index is 286. The molecule has 2 N–H and O–H groups in total. The second kappa shape index (κ2) is 3.47. The number of carbonyl (C=O) groups excluding carboxylic acids is 1. The molecule has 2 amide bonds. The molecule has 0 heterocycles. The maximum Gasteiger partial charge on any atom is 0.342 e. The van der Waals surface area contributed by atoms with E-state index in [0.29, 0.717) is 10.7 Å². The standard InChI is InChI=1S/C7H7N3O2/c8-7(11)10(9-12)6-4-2-1-3-5-6/h1-5H,(H2,8,11). The van der Waals surface area contributed by atoms with Crippen LogP contribution in [-0.4, -0.2) is 6.03 Å². The normalized spacial score (nSPS) is 9.00. The van der Waals surface area contributed by atoms with E-state index in [1.807, 2.05) is 0 Å². The summed E-state index contributed by atoms with van der Waals surface area (Å²) in [5.41, 5.74) is 5.23. The van der Waals surface area contributed by atoms with Gasteiger partial charge in [-0.15, -0.1) is 9.92 Å². The Balaban J connectivity index is 2.95. The van der Waals surface area contributed by atoms with E-state index in [9.17, 15) is 9.70 Å². The predicted octanol–water partition coefficient (Wildman–Crippen LogP) is 1.25. The number of urea groups is 1. The summed E-state index contributed by atoms with van der Waals surface area (Å²) in [5.74, 6) is 0. The Morgan fingerprint density at radius 3 is 2.33 bits per heavy atom. The molecule has 0 fully saturated rings. The summed E-state index contributed by atoms with van der Waals surface area (Å²) in [5, 5.41) is 3.05. The van der Waals surface area contributed by atoms with E-state index in [-0.39, 0.29) is 0 Å². The third-order valence-corrected chi connectivity index (χ3v) is 1.29. The highest BCUT2D eigenvalue weighted by Gasteiger charge is 2.10. The summed E-state index contributed by atoms with van der Waals surface area (Å²) in [4.78, 5) is 20.7. The van der Waals surface area contributed by atoms with E-state index in [2.05, 4.69) is 5.29 Å². The topological polar surface area (TPSA) is 75.8 Å². The summed E-state index contributed by atoms with van der Waals surface area (Å²) in [6.07, 6.45) is 0. The van der Waals surface area contributed by atoms with Crippen molar-refractivity contribution < 1.29 is 4.79 Å². The fourth-order valence-corrected chi connectivity index (χ4v) is 0.784. The number of nitrogens with zero attached hydrogens (tertiary/aromatic N) is 2. The summed E-state index contributed by atoms with van der Waals surface area (Å²) < 4.78 is 0. The first-order valence-electron chi connectivity index (χ1n) is 3.23. The SMILES string of the molecule is NC(=O)N(N=O)c1ccccc1. The first-order valence-corrected chi connectivity index (χ1v) is 3.23. The number of anilines is 1. The van der Waals surface area contributed by atoms with Crippen molar-refractivity contribution in [2.75, 3.05) is 5.01 Å². The van der Waals surface area contributed by atoms with Gasteiger partial charge in [0.05, 0.1) is 11.0 Å². The van der Waals surface area contributed by atoms with Crippen molar-refractivity contribution in [1.82, 2.24) is 0 Å². The average molecular weight is 165 g/mol. The average Bonchev–Trinajstić information content (AvgIpc) is 2.07. The fraction of sp³-hybridized carbons (Fsp3) is 0. The van der Waals surface area contributed by atoms with Crippen molar-refractivity contribution in [3.05, 3.63) is 35.2 Å². The zero-order valence-electron chi connectivity index (χ0n) is 6.18. The van der Waals surface area contributed by atoms with Crippen LogP contribution in [0.15, 0.2) is 35.6 Å². The number of carbonyl (C=O) groups is 1. The van der Waals surface area contributed by atoms with Crippen molar-refractivity contribution >= 4 is 11.7 Å². The highest BCUT2D eigenvalue weighted by Crippen LogP contribution is 2.12. The molecule has 0 spiro atoms. The van der Waals surface area contributed by atoms with E-state index in [0.717, 1.165) is 0 Å². The molecule has 0 atom stereocenters. The van der Waals surface area contributed by atoms with Crippen LogP contribution in [0.4, 0.5) is 10.5 Å². The molecule has 0 bridgehead atoms. The Hall–Kier alpha value is -1.91. The van der Waals surface area contributed by atoms with Crippen LogP contribution in [0.2, 0.25) is 0 Å². The highest BCUT2D eigenvalue weighted by molar-refractivity contribution is 5.89. The van der Waals surface area contributed by atoms with E-state index in [4.69, 9.17) is 5.73 Å². The Labute approximate surface area is 68.7 Å². The molecule has 1 rings (SSSR count). The van der Waals surface area contributed by atoms with Gasteiger partial charge in [-0.05, 0) is 12.1 Å². The molecule has 1 aromatic carbocycles. The van der Waals surface area contributed by atoms with Crippen molar-refractivity contribution in [3.63, 3.8) is 0 Å². The Morgan fingerprint density at radius 2 is 1.92 bits per heavy atom. The third-order valence-electron chi connectivity index (χ3n) is 1.29. The minimum atomic E-state index is -0.892. The minimum Gasteiger partial charge on any atom is -0.350 e. The zero-order chi connectivity index (χ0) is 8.97. The zero-order valence-corrected chi connectivity index (χ0v) is 6.18. The lowest BCUT2D eigenvalue weighted by Crippen LogP contribution is -2.30. The molecule has 12 heavy (non-hydrogen) atoms. The van der Waals surface area contributed by atoms with Gasteiger partial charge in [-0.3, -0.25) is 0 Å². The van der Waals surface area contributed by atoms with Gasteiger partial charge in [0.2, 0.25) is 0 Å². The second-order valence-electron chi connectivity index (χ2n) is 2.07. The van der Waals surface area contributed by atoms with Crippen LogP contribution in [0.1, 0.15) is 0 Å². The van der Waals surface area contributed by atoms with Crippen LogP contribution in [-0.2, 0) is 0 Å². The van der Waals surface area contributed by atoms with Crippen LogP contribution >= 0.6 is 0 Å². The van der Waals surface area contributed by atoms with E-state index < -0.39 is 6.03 Å². The molecule has 5 nitrogen and oxygen atoms in total. The van der Waals surface area contributed by atoms with Crippen LogP contribution in [0.5, 0.6) is 0 Å². The smallest absolute Gasteiger partial charge is 0.342 e. The highest BCUT2D eigenvalue weighted by atomic mass is 16.3. The molecular weight excluding hydrogens is 158 g/mol. The van der Waals surface area contributed by atoms with Gasteiger partial charge >= 0.3 is 6.03 Å². The lowest BCUT2D eigenvalue weighted by Gasteiger charge is -2.08. The minimum absolute atomic E-state index is 0.361. The molecule has 0 aliphatic carbocycles. The Morgan fingerprint density at radius 1 is 1.33 bits per heavy atom. The summed E-state index contributed by atoms with van der Waals surface area (Å²) in [7, 11) is 0. The summed E-state index contributed by atoms with van der Waals surface area (Å²) in [6.45, 7) is 0. The number of hydrogen-bond donors (Lipinski definition) is 1. The van der Waals surface area contributed by atoms with Crippen LogP contribution in [0.25, 0.3) is 0 Å². The molecule has 0 unspecified atom stereocenters. The van der Waals surface area contributed by atoms with Gasteiger partial charge in [0.15, 0.2) is 0 Å². The number of para-hydroxylation sites is 1. The molecule has 0 aliphatic heterocycles. The monoisotopic (exact) mass is 165 g/mol. The first kappa shape index (κ1) is 8.19. The first-order chi connectivity index (χ1) is 5.75. The predicted molar refractivity (Wildman–Crippen MR) is 44.3 cm³/mol. The largest absolute Gasteiger partial charge is 0.350 e. The number of benzene rings is 1. The van der Waals surface area contributed by atoms with Gasteiger partial charge < -0.3 is 5.73 Å². The number of primary amides is 1. The third kappa shape index (κ3) is 1.57. The molecule has 0 saturated carbocycles. The van der Waals surface area contributed by atoms with Crippen molar-refractivity contribution in [2.45, 2.75) is 0 Å². The quantitative estimate of drug-likeness (QED) is 0.528. The van der Waals surface area contributed by atoms with E-state index >= 15 is 0 Å². The molecule has 5 heteroatoms. The van der Waals surface area contributed by atoms with Crippen molar-refractivity contribution in [3.8, 4) is 0 Å². The van der Waals surface area contributed by atoms with Crippen LogP contribution in [0, 0.1) is 4.91 Å². The molecular formula is C7H7N3O2. The molecule has 0 radical (unpaired) electrons. The lowest BCUT2D eigenvalue weighted by molar-refractivity contribution is 0.254. The van der Waals surface area contributed by atoms with Crippen LogP contribution < -0.4 is 10.7 Å². The van der Waals surface area contributed by atoms with Crippen LogP contribution in [0.3, 0.4) is 0 Å². The molecule has 0 aliphatic rings. The van der Waals surface area contributed by atoms with Gasteiger partial charge in [-0.25, -0.2) is 4.79 Å². The van der Waals surface area contributed by atoms with Gasteiger partial charge in [-0.2, -0.15) is 0 Å². The second-order valence-corrected chi connectivity index (χ2v) is 2.07. The van der Waals surface area contributed by atoms with E-state index in [1.54, 1.807) is 30.3 Å². The van der Waals surface area contributed by atoms with Gasteiger partial charge in [0.1, 0.15) is 0 Å². The van der Waals surface area contributed by atoms with E-state index in [1.165, 1.54) is 0 Å². The Kier molecular flexibility index (Phi) is 2.37. The lowest BCUT2D eigenvalue weighted by atomic mass is 10.3. The van der Waals surface area contributed by atoms with Gasteiger partial charge in [-0.1, -0.05) is 18.2 Å². The summed E-state index contributed by atoms with van der Waals surface area (Å²) in [6, 6.07) is 7.34. The van der Waals surface area contributed by atoms with Gasteiger partial charge in [0, 0.05) is 0 Å². The molecule has 1 aromatic rings. The van der Waals surface area contributed by atoms with Crippen molar-refractivity contribution in [1.29, 1.82) is 0 Å². The maximum absolute atomic E-state index is 10.6. The number of amides is 2. The van der Waals surface area contributed by atoms with Crippen molar-refractivity contribution in [2.24, 2.45) is 11.0 Å². The number of nitrogens with two attached hydrogens (primary N) is 1. The molecule has 0 saturated heterocycles. The number of rotatable bonds is 2. The fourth-order valence-electron chi connectivity index (χ4n) is 0.784. The molecule has 0 aromatic heterocycles. The van der Waals surface area contributed by atoms with Gasteiger partial charge in [0.25, 0.3) is 0 Å². The maximum atomic E-state index is 10.6. The number of nitroso groups, excluding NO2 is 1.